The van der Waals surface area contributed by atoms with Crippen LogP contribution in [0.2, 0.25) is 0 Å². The second-order valence-corrected chi connectivity index (χ2v) is 22.3. The Morgan fingerprint density at radius 2 is 1.66 bits per heavy atom. The minimum atomic E-state index is -1.85. The second-order valence-electron chi connectivity index (χ2n) is 22.3. The lowest BCUT2D eigenvalue weighted by atomic mass is 9.77. The number of aliphatic hydroxyl groups is 6. The van der Waals surface area contributed by atoms with E-state index in [1.54, 1.807) is 54.7 Å². The van der Waals surface area contributed by atoms with Crippen LogP contribution in [0.5, 0.6) is 0 Å². The first-order chi connectivity index (χ1) is 34.8. The van der Waals surface area contributed by atoms with Gasteiger partial charge in [0.25, 0.3) is 0 Å². The molecule has 3 aliphatic heterocycles. The van der Waals surface area contributed by atoms with Gasteiger partial charge in [-0.2, -0.15) is 0 Å². The Morgan fingerprint density at radius 3 is 2.27 bits per heavy atom. The normalized spacial score (nSPS) is 39.2. The quantitative estimate of drug-likeness (QED) is 0.106. The number of anilines is 1. The van der Waals surface area contributed by atoms with Gasteiger partial charge in [-0.05, 0) is 105 Å². The molecule has 0 bridgehead atoms. The number of aromatic nitrogens is 3. The minimum absolute atomic E-state index is 0.0111. The molecule has 5 rings (SSSR count). The first-order valence-electron chi connectivity index (χ1n) is 26.5. The minimum Gasteiger partial charge on any atom is -0.459 e. The SMILES string of the molecule is CC[C@H]1OC(=O)[C@H](C)[C@@H](O[C@H]2C[C@@](C)(OC)[C@@H](O)[C@H](C)O2)[C@H](C)[C@@H](O[C@@H]2O[C@H](C)C[C@H](N(C)CCc3cn([C@@H](CF)[C@H](OC)c4ccc(NCCO)cc4)nn3)[C@H]2O)[C@](C)(O)C[C@@H](C)CN(C)[C@H](C)[C@@H](O)[C@]1(C)O. The van der Waals surface area contributed by atoms with Crippen LogP contribution in [-0.2, 0) is 44.4 Å². The third-order valence-electron chi connectivity index (χ3n) is 16.2. The molecule has 20 atom stereocenters. The van der Waals surface area contributed by atoms with Gasteiger partial charge in [-0.25, -0.2) is 9.07 Å². The first kappa shape index (κ1) is 61.8. The zero-order valence-corrected chi connectivity index (χ0v) is 46.3. The van der Waals surface area contributed by atoms with E-state index in [1.165, 1.54) is 25.8 Å². The molecule has 3 fully saturated rings. The molecule has 1 aromatic heterocycles. The average Bonchev–Trinajstić information content (AvgIpc) is 3.83. The molecule has 7 N–H and O–H groups in total. The summed E-state index contributed by atoms with van der Waals surface area (Å²) in [5, 5.41) is 80.7. The van der Waals surface area contributed by atoms with Gasteiger partial charge in [-0.1, -0.05) is 38.1 Å². The van der Waals surface area contributed by atoms with Crippen molar-refractivity contribution in [3.8, 4) is 0 Å². The number of cyclic esters (lactones) is 1. The average molecular weight is 1060 g/mol. The van der Waals surface area contributed by atoms with Gasteiger partial charge in [-0.15, -0.1) is 5.10 Å². The van der Waals surface area contributed by atoms with Gasteiger partial charge in [0, 0.05) is 76.6 Å². The van der Waals surface area contributed by atoms with Crippen LogP contribution in [0.3, 0.4) is 0 Å². The van der Waals surface area contributed by atoms with Crippen molar-refractivity contribution in [3.63, 3.8) is 0 Å². The summed E-state index contributed by atoms with van der Waals surface area (Å²) in [6, 6.07) is 5.47. The number of ether oxygens (including phenoxy) is 7. The maximum Gasteiger partial charge on any atom is 0.311 e. The van der Waals surface area contributed by atoms with E-state index < -0.39 is 127 Å². The van der Waals surface area contributed by atoms with Crippen molar-refractivity contribution >= 4 is 11.7 Å². The molecule has 1 aromatic carbocycles. The third-order valence-corrected chi connectivity index (χ3v) is 16.2. The van der Waals surface area contributed by atoms with Crippen molar-refractivity contribution in [1.82, 2.24) is 24.8 Å². The van der Waals surface area contributed by atoms with Gasteiger partial charge in [0.2, 0.25) is 0 Å². The van der Waals surface area contributed by atoms with Crippen molar-refractivity contribution in [1.29, 1.82) is 0 Å². The summed E-state index contributed by atoms with van der Waals surface area (Å²) < 4.78 is 60.3. The molecule has 2 aromatic rings. The van der Waals surface area contributed by atoms with E-state index in [1.807, 2.05) is 62.0 Å². The van der Waals surface area contributed by atoms with Gasteiger partial charge in [-0.3, -0.25) is 4.79 Å². The summed E-state index contributed by atoms with van der Waals surface area (Å²) in [5.41, 5.74) is -2.45. The summed E-state index contributed by atoms with van der Waals surface area (Å²) in [6.07, 6.45) is -8.07. The van der Waals surface area contributed by atoms with Gasteiger partial charge in [0.15, 0.2) is 12.6 Å². The Labute approximate surface area is 438 Å². The van der Waals surface area contributed by atoms with Crippen LogP contribution in [0.15, 0.2) is 30.5 Å². The van der Waals surface area contributed by atoms with Crippen molar-refractivity contribution in [3.05, 3.63) is 41.7 Å². The highest BCUT2D eigenvalue weighted by atomic mass is 19.1. The number of methoxy groups -OCH3 is 2. The summed E-state index contributed by atoms with van der Waals surface area (Å²) in [7, 11) is 6.71. The number of nitrogens with one attached hydrogen (secondary N) is 1. The number of aliphatic hydroxyl groups excluding tert-OH is 4. The lowest BCUT2D eigenvalue weighted by Crippen LogP contribution is -2.61. The van der Waals surface area contributed by atoms with E-state index >= 15 is 0 Å². The molecule has 4 heterocycles. The second kappa shape index (κ2) is 26.6. The molecule has 74 heavy (non-hydrogen) atoms. The molecule has 3 aliphatic rings. The number of carbonyl (C=O) groups excluding carboxylic acids is 1. The number of likely N-dealkylation sites (N-methyl/N-ethyl adjacent to an activating group) is 2. The molecular weight excluding hydrogens is 964 g/mol. The highest BCUT2D eigenvalue weighted by molar-refractivity contribution is 5.73. The Bertz CT molecular complexity index is 2020. The Hall–Kier alpha value is -3.00. The standard InChI is InChI=1S/C53H91FN6O14/c1-15-41-53(10,67)46(63)34(6)59(12)28-30(2)25-51(8,66)48(32(4)44(33(5)49(65)72-41)73-42-26-52(9,69-14)47(64)35(7)71-42)74-50-43(62)39(24-31(3)70-50)58(11)22-20-38-29-60(57-56-38)40(27-54)45(68-13)36-16-18-37(19-17-36)55-21-23-61/h16-19,29-35,39-48,50,55,61-64,66-67H,15,20-28H2,1-14H3/t30-,31-,32+,33-,34-,35+,39+,40+,41-,42+,43-,44+,45-,46-,47+,48-,50+,51-,52-,53-/m1/s1. The molecule has 0 radical (unpaired) electrons. The number of hydrogen-bond acceptors (Lipinski definition) is 19. The molecule has 0 spiro atoms. The number of rotatable bonds is 18. The molecule has 21 heteroatoms. The summed E-state index contributed by atoms with van der Waals surface area (Å²) in [4.78, 5) is 18.4. The molecule has 0 aliphatic carbocycles. The van der Waals surface area contributed by atoms with Gasteiger partial charge < -0.3 is 78.9 Å². The van der Waals surface area contributed by atoms with Gasteiger partial charge in [0.1, 0.15) is 48.8 Å². The third kappa shape index (κ3) is 14.6. The topological polar surface area (TPSA) is 252 Å². The lowest BCUT2D eigenvalue weighted by molar-refractivity contribution is -0.318. The summed E-state index contributed by atoms with van der Waals surface area (Å²) in [5.74, 6) is -2.89. The number of carbonyl (C=O) groups is 1. The molecule has 424 valence electrons. The van der Waals surface area contributed by atoms with Crippen LogP contribution in [0.1, 0.15) is 118 Å². The van der Waals surface area contributed by atoms with Crippen LogP contribution in [0, 0.1) is 17.8 Å². The zero-order valence-electron chi connectivity index (χ0n) is 46.3. The van der Waals surface area contributed by atoms with Crippen molar-refractivity contribution in [2.75, 3.05) is 66.5 Å². The Balaban J connectivity index is 1.43. The van der Waals surface area contributed by atoms with Gasteiger partial charge in [0.05, 0.1) is 53.8 Å². The Kier molecular flexibility index (Phi) is 22.2. The predicted molar refractivity (Wildman–Crippen MR) is 274 cm³/mol. The number of nitrogens with zero attached hydrogens (tertiary/aromatic N) is 5. The fourth-order valence-corrected chi connectivity index (χ4v) is 11.5. The van der Waals surface area contributed by atoms with Crippen LogP contribution < -0.4 is 5.32 Å². The fraction of sp³-hybridized carbons (Fsp3) is 0.830. The Morgan fingerprint density at radius 1 is 0.986 bits per heavy atom. The molecule has 20 nitrogen and oxygen atoms in total. The number of halogens is 1. The van der Waals surface area contributed by atoms with E-state index in [9.17, 15) is 34.7 Å². The van der Waals surface area contributed by atoms with Crippen molar-refractivity contribution < 1.29 is 73.0 Å². The summed E-state index contributed by atoms with van der Waals surface area (Å²) in [6.45, 7) is 17.8. The largest absolute Gasteiger partial charge is 0.459 e. The highest BCUT2D eigenvalue weighted by Gasteiger charge is 2.53. The lowest BCUT2D eigenvalue weighted by Gasteiger charge is -2.49. The molecule has 0 saturated carbocycles. The molecular formula is C53H91FN6O14. The zero-order chi connectivity index (χ0) is 55.0. The number of alkyl halides is 1. The molecule has 0 amide bonds. The van der Waals surface area contributed by atoms with E-state index in [0.717, 1.165) is 11.3 Å². The monoisotopic (exact) mass is 1050 g/mol. The number of benzene rings is 1. The molecule has 3 saturated heterocycles. The first-order valence-corrected chi connectivity index (χ1v) is 26.5. The van der Waals surface area contributed by atoms with Crippen molar-refractivity contribution in [2.24, 2.45) is 17.8 Å². The maximum absolute atomic E-state index is 14.8. The van der Waals surface area contributed by atoms with Crippen molar-refractivity contribution in [2.45, 2.75) is 204 Å². The highest BCUT2D eigenvalue weighted by Crippen LogP contribution is 2.41. The fourth-order valence-electron chi connectivity index (χ4n) is 11.5. The maximum atomic E-state index is 14.8. The number of hydrogen-bond donors (Lipinski definition) is 7. The van der Waals surface area contributed by atoms with E-state index in [-0.39, 0.29) is 31.8 Å². The van der Waals surface area contributed by atoms with E-state index in [0.29, 0.717) is 38.2 Å². The number of esters is 1. The van der Waals surface area contributed by atoms with Crippen LogP contribution in [0.25, 0.3) is 0 Å². The van der Waals surface area contributed by atoms with Gasteiger partial charge >= 0.3 is 5.97 Å². The predicted octanol–water partition coefficient (Wildman–Crippen LogP) is 3.41. The van der Waals surface area contributed by atoms with Crippen LogP contribution >= 0.6 is 0 Å². The smallest absolute Gasteiger partial charge is 0.311 e. The van der Waals surface area contributed by atoms with Crippen LogP contribution in [0.4, 0.5) is 10.1 Å². The summed E-state index contributed by atoms with van der Waals surface area (Å²) >= 11 is 0. The molecule has 0 unspecified atom stereocenters. The van der Waals surface area contributed by atoms with Crippen LogP contribution in [-0.4, -0.2) is 213 Å². The van der Waals surface area contributed by atoms with E-state index in [4.69, 9.17) is 38.3 Å². The van der Waals surface area contributed by atoms with E-state index in [2.05, 4.69) is 15.6 Å².